The Morgan fingerprint density at radius 2 is 1.47 bits per heavy atom. The standard InChI is InChI=1S/C24H19NO4S/c1-17-13-15-19(16-14-17)30(27,28)25-22-11-5-4-10-21(22)24(26)29-23-12-6-8-18-7-2-3-9-20(18)23/h2-16,25H,1H3. The summed E-state index contributed by atoms with van der Waals surface area (Å²) in [4.78, 5) is 13.0. The lowest BCUT2D eigenvalue weighted by atomic mass is 10.1. The second kappa shape index (κ2) is 8.00. The van der Waals surface area contributed by atoms with Crippen molar-refractivity contribution in [3.8, 4) is 5.75 Å². The van der Waals surface area contributed by atoms with E-state index >= 15 is 0 Å². The van der Waals surface area contributed by atoms with Crippen molar-refractivity contribution < 1.29 is 17.9 Å². The molecule has 0 fully saturated rings. The fraction of sp³-hybridized carbons (Fsp3) is 0.0417. The van der Waals surface area contributed by atoms with Gasteiger partial charge in [0.15, 0.2) is 0 Å². The van der Waals surface area contributed by atoms with E-state index in [0.717, 1.165) is 16.3 Å². The molecule has 4 aromatic carbocycles. The number of hydrogen-bond acceptors (Lipinski definition) is 4. The van der Waals surface area contributed by atoms with Crippen LogP contribution in [0, 0.1) is 6.92 Å². The first kappa shape index (κ1) is 19.7. The lowest BCUT2D eigenvalue weighted by molar-refractivity contribution is 0.0738. The minimum Gasteiger partial charge on any atom is -0.422 e. The number of hydrogen-bond donors (Lipinski definition) is 1. The molecule has 0 aliphatic rings. The highest BCUT2D eigenvalue weighted by molar-refractivity contribution is 7.92. The Balaban J connectivity index is 1.64. The van der Waals surface area contributed by atoms with Crippen molar-refractivity contribution in [2.75, 3.05) is 4.72 Å². The molecule has 5 nitrogen and oxygen atoms in total. The third-order valence-electron chi connectivity index (χ3n) is 4.67. The van der Waals surface area contributed by atoms with Crippen LogP contribution in [0.2, 0.25) is 0 Å². The Kier molecular flexibility index (Phi) is 5.25. The summed E-state index contributed by atoms with van der Waals surface area (Å²) in [6.45, 7) is 1.88. The van der Waals surface area contributed by atoms with E-state index in [1.54, 1.807) is 36.4 Å². The number of fused-ring (bicyclic) bond motifs is 1. The number of aryl methyl sites for hydroxylation is 1. The number of ether oxygens (including phenoxy) is 1. The number of nitrogens with one attached hydrogen (secondary N) is 1. The maximum atomic E-state index is 12.9. The van der Waals surface area contributed by atoms with Crippen molar-refractivity contribution in [1.29, 1.82) is 0 Å². The third kappa shape index (κ3) is 4.04. The Hall–Kier alpha value is -3.64. The van der Waals surface area contributed by atoms with E-state index in [1.165, 1.54) is 24.3 Å². The summed E-state index contributed by atoms with van der Waals surface area (Å²) in [6.07, 6.45) is 0. The molecule has 0 saturated heterocycles. The summed E-state index contributed by atoms with van der Waals surface area (Å²) in [7, 11) is -3.85. The predicted octanol–water partition coefficient (Wildman–Crippen LogP) is 5.17. The molecule has 4 aromatic rings. The summed E-state index contributed by atoms with van der Waals surface area (Å²) in [6, 6.07) is 25.9. The van der Waals surface area contributed by atoms with E-state index < -0.39 is 16.0 Å². The van der Waals surface area contributed by atoms with Crippen LogP contribution in [-0.2, 0) is 10.0 Å². The molecule has 0 unspecified atom stereocenters. The van der Waals surface area contributed by atoms with Gasteiger partial charge in [0.05, 0.1) is 16.1 Å². The zero-order chi connectivity index (χ0) is 21.1. The van der Waals surface area contributed by atoms with Crippen LogP contribution in [-0.4, -0.2) is 14.4 Å². The van der Waals surface area contributed by atoms with Gasteiger partial charge in [-0.2, -0.15) is 0 Å². The van der Waals surface area contributed by atoms with Gasteiger partial charge in [0, 0.05) is 5.39 Å². The van der Waals surface area contributed by atoms with Gasteiger partial charge in [0.25, 0.3) is 10.0 Å². The lowest BCUT2D eigenvalue weighted by Crippen LogP contribution is -2.17. The SMILES string of the molecule is Cc1ccc(S(=O)(=O)Nc2ccccc2C(=O)Oc2cccc3ccccc23)cc1. The highest BCUT2D eigenvalue weighted by Gasteiger charge is 2.20. The fourth-order valence-corrected chi connectivity index (χ4v) is 4.19. The maximum absolute atomic E-state index is 12.9. The zero-order valence-corrected chi connectivity index (χ0v) is 17.0. The van der Waals surface area contributed by atoms with Gasteiger partial charge in [0.2, 0.25) is 0 Å². The average Bonchev–Trinajstić information content (AvgIpc) is 2.74. The summed E-state index contributed by atoms with van der Waals surface area (Å²) in [5.74, 6) is -0.233. The molecule has 4 rings (SSSR count). The minimum atomic E-state index is -3.85. The number of esters is 1. The second-order valence-electron chi connectivity index (χ2n) is 6.83. The van der Waals surface area contributed by atoms with Gasteiger partial charge < -0.3 is 4.74 Å². The molecule has 0 saturated carbocycles. The molecule has 0 aliphatic heterocycles. The van der Waals surface area contributed by atoms with Gasteiger partial charge in [0.1, 0.15) is 5.75 Å². The Morgan fingerprint density at radius 1 is 0.800 bits per heavy atom. The van der Waals surface area contributed by atoms with E-state index in [2.05, 4.69) is 4.72 Å². The first-order chi connectivity index (χ1) is 14.4. The summed E-state index contributed by atoms with van der Waals surface area (Å²) in [5, 5.41) is 1.74. The van der Waals surface area contributed by atoms with Crippen LogP contribution in [0.1, 0.15) is 15.9 Å². The summed E-state index contributed by atoms with van der Waals surface area (Å²) < 4.78 is 33.6. The number of rotatable bonds is 5. The first-order valence-corrected chi connectivity index (χ1v) is 10.8. The van der Waals surface area contributed by atoms with Crippen molar-refractivity contribution in [2.24, 2.45) is 0 Å². The quantitative estimate of drug-likeness (QED) is 0.359. The van der Waals surface area contributed by atoms with Crippen LogP contribution in [0.15, 0.2) is 95.9 Å². The topological polar surface area (TPSA) is 72.5 Å². The molecular formula is C24H19NO4S. The Labute approximate surface area is 175 Å². The van der Waals surface area contributed by atoms with Gasteiger partial charge in [-0.05, 0) is 42.6 Å². The average molecular weight is 417 g/mol. The molecule has 0 heterocycles. The fourth-order valence-electron chi connectivity index (χ4n) is 3.11. The van der Waals surface area contributed by atoms with Gasteiger partial charge in [-0.15, -0.1) is 0 Å². The molecule has 0 aromatic heterocycles. The van der Waals surface area contributed by atoms with Crippen molar-refractivity contribution in [2.45, 2.75) is 11.8 Å². The molecule has 0 amide bonds. The van der Waals surface area contributed by atoms with Crippen molar-refractivity contribution >= 4 is 32.5 Å². The number of para-hydroxylation sites is 1. The van der Waals surface area contributed by atoms with Crippen LogP contribution >= 0.6 is 0 Å². The maximum Gasteiger partial charge on any atom is 0.345 e. The second-order valence-corrected chi connectivity index (χ2v) is 8.51. The number of carbonyl (C=O) groups excluding carboxylic acids is 1. The first-order valence-electron chi connectivity index (χ1n) is 9.32. The molecule has 0 radical (unpaired) electrons. The molecule has 0 aliphatic carbocycles. The smallest absolute Gasteiger partial charge is 0.345 e. The highest BCUT2D eigenvalue weighted by atomic mass is 32.2. The molecule has 150 valence electrons. The largest absolute Gasteiger partial charge is 0.422 e. The monoisotopic (exact) mass is 417 g/mol. The third-order valence-corrected chi connectivity index (χ3v) is 6.06. The van der Waals surface area contributed by atoms with Crippen molar-refractivity contribution in [1.82, 2.24) is 0 Å². The summed E-state index contributed by atoms with van der Waals surface area (Å²) >= 11 is 0. The predicted molar refractivity (Wildman–Crippen MR) is 117 cm³/mol. The van der Waals surface area contributed by atoms with Crippen molar-refractivity contribution in [3.05, 3.63) is 102 Å². The van der Waals surface area contributed by atoms with Gasteiger partial charge in [-0.25, -0.2) is 13.2 Å². The van der Waals surface area contributed by atoms with Crippen LogP contribution in [0.5, 0.6) is 5.75 Å². The van der Waals surface area contributed by atoms with Gasteiger partial charge in [-0.1, -0.05) is 66.2 Å². The van der Waals surface area contributed by atoms with E-state index in [4.69, 9.17) is 4.74 Å². The van der Waals surface area contributed by atoms with Gasteiger partial charge in [-0.3, -0.25) is 4.72 Å². The Morgan fingerprint density at radius 3 is 2.27 bits per heavy atom. The van der Waals surface area contributed by atoms with Crippen LogP contribution in [0.4, 0.5) is 5.69 Å². The Bertz CT molecular complexity index is 1320. The molecule has 6 heteroatoms. The number of carbonyl (C=O) groups is 1. The molecule has 0 bridgehead atoms. The van der Waals surface area contributed by atoms with Crippen LogP contribution < -0.4 is 9.46 Å². The number of anilines is 1. The molecule has 0 spiro atoms. The van der Waals surface area contributed by atoms with E-state index in [1.807, 2.05) is 37.3 Å². The number of sulfonamides is 1. The lowest BCUT2D eigenvalue weighted by Gasteiger charge is -2.13. The minimum absolute atomic E-state index is 0.116. The van der Waals surface area contributed by atoms with E-state index in [0.29, 0.717) is 5.75 Å². The highest BCUT2D eigenvalue weighted by Crippen LogP contribution is 2.27. The summed E-state index contributed by atoms with van der Waals surface area (Å²) in [5.41, 5.74) is 1.23. The molecule has 30 heavy (non-hydrogen) atoms. The molecule has 1 N–H and O–H groups in total. The zero-order valence-electron chi connectivity index (χ0n) is 16.2. The van der Waals surface area contributed by atoms with Crippen LogP contribution in [0.25, 0.3) is 10.8 Å². The van der Waals surface area contributed by atoms with Gasteiger partial charge >= 0.3 is 5.97 Å². The van der Waals surface area contributed by atoms with E-state index in [9.17, 15) is 13.2 Å². The molecule has 0 atom stereocenters. The van der Waals surface area contributed by atoms with Crippen molar-refractivity contribution in [3.63, 3.8) is 0 Å². The van der Waals surface area contributed by atoms with E-state index in [-0.39, 0.29) is 16.1 Å². The molecular weight excluding hydrogens is 398 g/mol. The van der Waals surface area contributed by atoms with Crippen LogP contribution in [0.3, 0.4) is 0 Å². The number of benzene rings is 4. The normalized spacial score (nSPS) is 11.2.